The van der Waals surface area contributed by atoms with Crippen LogP contribution in [-0.4, -0.2) is 33.3 Å². The van der Waals surface area contributed by atoms with Crippen LogP contribution in [0.5, 0.6) is 0 Å². The molecule has 0 atom stereocenters. The Balaban J connectivity index is 0. The zero-order chi connectivity index (χ0) is 16.9. The van der Waals surface area contributed by atoms with Gasteiger partial charge in [-0.1, -0.05) is 18.9 Å². The van der Waals surface area contributed by atoms with Crippen molar-refractivity contribution in [3.63, 3.8) is 0 Å². The molecule has 0 aliphatic carbocycles. The van der Waals surface area contributed by atoms with Crippen molar-refractivity contribution in [3.8, 4) is 23.3 Å². The molecular weight excluding hydrogens is 337 g/mol. The summed E-state index contributed by atoms with van der Waals surface area (Å²) in [6, 6.07) is 0. The molecule has 0 heterocycles. The molecule has 0 fully saturated rings. The molecule has 0 N–H and O–H groups in total. The minimum atomic E-state index is -1.96. The maximum absolute atomic E-state index is 6.53. The molecule has 0 rings (SSSR count). The molecule has 0 saturated carbocycles. The standard InChI is InChI=1S/C15H32O2Si4.CH4/c1-11-12-13-14-19(5,6)17-21(9,10)15-20(7,8)16-18(2,3)4;/h15H2,1-10H3;1H4. The fourth-order valence-electron chi connectivity index (χ4n) is 2.89. The van der Waals surface area contributed by atoms with Crippen molar-refractivity contribution in [2.24, 2.45) is 0 Å². The molecule has 0 bridgehead atoms. The largest absolute Gasteiger partial charge is 0.456 e. The third kappa shape index (κ3) is 12.5. The van der Waals surface area contributed by atoms with E-state index in [1.807, 2.05) is 6.92 Å². The van der Waals surface area contributed by atoms with E-state index in [4.69, 9.17) is 8.23 Å². The van der Waals surface area contributed by atoms with E-state index in [0.29, 0.717) is 0 Å². The average Bonchev–Trinajstić information content (AvgIpc) is 2.08. The van der Waals surface area contributed by atoms with Crippen LogP contribution in [0.4, 0.5) is 0 Å². The summed E-state index contributed by atoms with van der Waals surface area (Å²) in [5.74, 6) is 8.56. The molecular formula is C16H36O2Si4. The van der Waals surface area contributed by atoms with Crippen LogP contribution in [0.3, 0.4) is 0 Å². The predicted molar refractivity (Wildman–Crippen MR) is 111 cm³/mol. The third-order valence-corrected chi connectivity index (χ3v) is 19.0. The van der Waals surface area contributed by atoms with E-state index in [1.54, 1.807) is 0 Å². The van der Waals surface area contributed by atoms with Gasteiger partial charge in [-0.05, 0) is 83.4 Å². The highest BCUT2D eigenvalue weighted by molar-refractivity contribution is 6.97. The molecule has 0 amide bonds. The average molecular weight is 373 g/mol. The lowest BCUT2D eigenvalue weighted by Crippen LogP contribution is -2.52. The van der Waals surface area contributed by atoms with Crippen LogP contribution in [0.25, 0.3) is 0 Å². The molecule has 0 aromatic carbocycles. The van der Waals surface area contributed by atoms with Gasteiger partial charge in [0.15, 0.2) is 25.0 Å². The van der Waals surface area contributed by atoms with Crippen molar-refractivity contribution in [3.05, 3.63) is 0 Å². The second-order valence-electron chi connectivity index (χ2n) is 8.15. The van der Waals surface area contributed by atoms with Crippen LogP contribution < -0.4 is 0 Å². The molecule has 22 heavy (non-hydrogen) atoms. The van der Waals surface area contributed by atoms with Gasteiger partial charge in [0.05, 0.1) is 0 Å². The van der Waals surface area contributed by atoms with Crippen molar-refractivity contribution in [1.29, 1.82) is 0 Å². The van der Waals surface area contributed by atoms with Crippen molar-refractivity contribution in [2.75, 3.05) is 0 Å². The zero-order valence-corrected chi connectivity index (χ0v) is 19.5. The molecule has 0 aromatic heterocycles. The van der Waals surface area contributed by atoms with E-state index in [2.05, 4.69) is 82.2 Å². The van der Waals surface area contributed by atoms with Crippen LogP contribution in [0.15, 0.2) is 0 Å². The molecule has 0 unspecified atom stereocenters. The van der Waals surface area contributed by atoms with Gasteiger partial charge in [-0.3, -0.25) is 0 Å². The van der Waals surface area contributed by atoms with E-state index in [9.17, 15) is 0 Å². The van der Waals surface area contributed by atoms with Crippen LogP contribution >= 0.6 is 0 Å². The maximum atomic E-state index is 6.53. The van der Waals surface area contributed by atoms with Crippen LogP contribution in [0.1, 0.15) is 14.4 Å². The molecule has 2 nitrogen and oxygen atoms in total. The topological polar surface area (TPSA) is 18.5 Å². The van der Waals surface area contributed by atoms with E-state index in [0.717, 1.165) is 5.67 Å². The van der Waals surface area contributed by atoms with Crippen LogP contribution in [0, 0.1) is 23.3 Å². The Bertz CT molecular complexity index is 468. The highest BCUT2D eigenvalue weighted by Crippen LogP contribution is 2.27. The van der Waals surface area contributed by atoms with Crippen molar-refractivity contribution in [2.45, 2.75) is 78.9 Å². The Morgan fingerprint density at radius 2 is 1.18 bits per heavy atom. The Morgan fingerprint density at radius 3 is 1.59 bits per heavy atom. The molecule has 0 saturated heterocycles. The lowest BCUT2D eigenvalue weighted by Gasteiger charge is -2.38. The highest BCUT2D eigenvalue weighted by atomic mass is 28.5. The fraction of sp³-hybridized carbons (Fsp3) is 0.750. The van der Waals surface area contributed by atoms with Crippen molar-refractivity contribution < 1.29 is 8.23 Å². The van der Waals surface area contributed by atoms with Gasteiger partial charge in [0, 0.05) is 0 Å². The van der Waals surface area contributed by atoms with Gasteiger partial charge < -0.3 is 8.23 Å². The summed E-state index contributed by atoms with van der Waals surface area (Å²) in [6.45, 7) is 22.2. The SMILES string of the molecule is C.CC#CC#C[Si](C)(C)O[Si](C)(C)C[Si](C)(C)O[Si](C)(C)C. The minimum absolute atomic E-state index is 0. The molecule has 128 valence electrons. The monoisotopic (exact) mass is 372 g/mol. The summed E-state index contributed by atoms with van der Waals surface area (Å²) in [7, 11) is -6.87. The van der Waals surface area contributed by atoms with E-state index in [-0.39, 0.29) is 7.43 Å². The Labute approximate surface area is 143 Å². The summed E-state index contributed by atoms with van der Waals surface area (Å²) in [5.41, 5.74) is 4.39. The number of hydrogen-bond donors (Lipinski definition) is 0. The minimum Gasteiger partial charge on any atom is -0.456 e. The van der Waals surface area contributed by atoms with Gasteiger partial charge in [0.1, 0.15) is 0 Å². The zero-order valence-electron chi connectivity index (χ0n) is 15.5. The van der Waals surface area contributed by atoms with Gasteiger partial charge >= 0.3 is 0 Å². The first-order valence-corrected chi connectivity index (χ1v) is 20.1. The van der Waals surface area contributed by atoms with E-state index < -0.39 is 33.3 Å². The Hall–Kier alpha value is -0.0925. The molecule has 0 spiro atoms. The van der Waals surface area contributed by atoms with Crippen molar-refractivity contribution >= 4 is 33.3 Å². The first-order chi connectivity index (χ1) is 9.18. The fourth-order valence-corrected chi connectivity index (χ4v) is 25.7. The molecule has 0 aliphatic heterocycles. The summed E-state index contributed by atoms with van der Waals surface area (Å²) < 4.78 is 13.0. The second-order valence-corrected chi connectivity index (χ2v) is 25.7. The molecule has 6 heteroatoms. The van der Waals surface area contributed by atoms with Crippen molar-refractivity contribution in [1.82, 2.24) is 0 Å². The summed E-state index contributed by atoms with van der Waals surface area (Å²) >= 11 is 0. The smallest absolute Gasteiger partial charge is 0.257 e. The molecule has 0 radical (unpaired) electrons. The summed E-state index contributed by atoms with van der Waals surface area (Å²) in [6.07, 6.45) is 0. The molecule has 0 aromatic rings. The van der Waals surface area contributed by atoms with Gasteiger partial charge in [-0.2, -0.15) is 0 Å². The number of hydrogen-bond acceptors (Lipinski definition) is 2. The van der Waals surface area contributed by atoms with Gasteiger partial charge in [0.2, 0.25) is 0 Å². The van der Waals surface area contributed by atoms with Crippen LogP contribution in [0.2, 0.25) is 64.6 Å². The first kappa shape index (κ1) is 24.2. The molecule has 0 aliphatic rings. The van der Waals surface area contributed by atoms with Gasteiger partial charge in [0.25, 0.3) is 8.32 Å². The second kappa shape index (κ2) is 8.67. The first-order valence-electron chi connectivity index (χ1n) is 7.52. The summed E-state index contributed by atoms with van der Waals surface area (Å²) in [5, 5.41) is 0. The third-order valence-electron chi connectivity index (χ3n) is 2.52. The van der Waals surface area contributed by atoms with Gasteiger partial charge in [-0.25, -0.2) is 0 Å². The number of rotatable bonds is 6. The van der Waals surface area contributed by atoms with E-state index >= 15 is 0 Å². The Morgan fingerprint density at radius 1 is 0.727 bits per heavy atom. The van der Waals surface area contributed by atoms with Gasteiger partial charge in [-0.15, -0.1) is 0 Å². The lowest BCUT2D eigenvalue weighted by atomic mass is 10.6. The van der Waals surface area contributed by atoms with E-state index in [1.165, 1.54) is 0 Å². The lowest BCUT2D eigenvalue weighted by molar-refractivity contribution is 0.535. The quantitative estimate of drug-likeness (QED) is 0.470. The maximum Gasteiger partial charge on any atom is 0.257 e. The Kier molecular flexibility index (Phi) is 9.53. The normalized spacial score (nSPS) is 12.5. The van der Waals surface area contributed by atoms with Crippen LogP contribution in [-0.2, 0) is 8.23 Å². The summed E-state index contributed by atoms with van der Waals surface area (Å²) in [4.78, 5) is 0. The highest BCUT2D eigenvalue weighted by Gasteiger charge is 2.40. The predicted octanol–water partition coefficient (Wildman–Crippen LogP) is 5.21.